The van der Waals surface area contributed by atoms with Gasteiger partial charge in [0.15, 0.2) is 0 Å². The number of carbonyl (C=O) groups excluding carboxylic acids is 3. The molecule has 176 valence electrons. The first-order valence-electron chi connectivity index (χ1n) is 10.8. The second-order valence-electron chi connectivity index (χ2n) is 8.36. The summed E-state index contributed by atoms with van der Waals surface area (Å²) in [6, 6.07) is 3.73. The van der Waals surface area contributed by atoms with E-state index in [-0.39, 0.29) is 18.7 Å². The van der Waals surface area contributed by atoms with Gasteiger partial charge in [-0.3, -0.25) is 14.4 Å². The van der Waals surface area contributed by atoms with Gasteiger partial charge in [-0.25, -0.2) is 9.48 Å². The molecule has 2 heterocycles. The lowest BCUT2D eigenvalue weighted by molar-refractivity contribution is -0.141. The summed E-state index contributed by atoms with van der Waals surface area (Å²) in [5.74, 6) is -2.20. The topological polar surface area (TPSA) is 169 Å². The van der Waals surface area contributed by atoms with E-state index in [1.54, 1.807) is 24.4 Å². The average Bonchev–Trinajstić information content (AvgIpc) is 3.39. The van der Waals surface area contributed by atoms with E-state index in [4.69, 9.17) is 5.73 Å². The third-order valence-corrected chi connectivity index (χ3v) is 6.07. The minimum atomic E-state index is -1.19. The Balaban J connectivity index is 1.65. The zero-order chi connectivity index (χ0) is 24.2. The van der Waals surface area contributed by atoms with Crippen LogP contribution in [-0.4, -0.2) is 55.4 Å². The minimum absolute atomic E-state index is 0.0274. The van der Waals surface area contributed by atoms with E-state index in [0.29, 0.717) is 42.6 Å². The number of rotatable bonds is 10. The highest BCUT2D eigenvalue weighted by Crippen LogP contribution is 2.28. The molecule has 1 aliphatic rings. The van der Waals surface area contributed by atoms with Crippen molar-refractivity contribution in [3.05, 3.63) is 41.2 Å². The molecule has 5 N–H and O–H groups in total. The van der Waals surface area contributed by atoms with Crippen LogP contribution in [0.4, 0.5) is 0 Å². The zero-order valence-corrected chi connectivity index (χ0v) is 18.6. The normalized spacial score (nSPS) is 18.5. The predicted octanol–water partition coefficient (Wildman–Crippen LogP) is 0.626. The van der Waals surface area contributed by atoms with Crippen molar-refractivity contribution >= 4 is 23.7 Å². The number of carbonyl (C=O) groups is 4. The maximum Gasteiger partial charge on any atom is 0.326 e. The minimum Gasteiger partial charge on any atom is -0.480 e. The maximum absolute atomic E-state index is 12.4. The molecule has 11 heteroatoms. The lowest BCUT2D eigenvalue weighted by Gasteiger charge is -2.27. The van der Waals surface area contributed by atoms with Crippen molar-refractivity contribution in [2.75, 3.05) is 0 Å². The van der Waals surface area contributed by atoms with Crippen LogP contribution in [0, 0.1) is 6.92 Å². The van der Waals surface area contributed by atoms with Gasteiger partial charge in [0.1, 0.15) is 6.04 Å². The first kappa shape index (κ1) is 23.9. The van der Waals surface area contributed by atoms with Crippen molar-refractivity contribution in [3.8, 4) is 5.69 Å². The number of hydrogen-bond donors (Lipinski definition) is 4. The van der Waals surface area contributed by atoms with Crippen LogP contribution in [0.1, 0.15) is 60.6 Å². The molecule has 2 unspecified atom stereocenters. The Labute approximate surface area is 190 Å². The van der Waals surface area contributed by atoms with E-state index in [1.807, 2.05) is 13.8 Å². The molecule has 0 spiro atoms. The van der Waals surface area contributed by atoms with E-state index in [1.165, 1.54) is 4.68 Å². The van der Waals surface area contributed by atoms with Gasteiger partial charge in [-0.15, -0.1) is 5.10 Å². The summed E-state index contributed by atoms with van der Waals surface area (Å²) < 4.78 is 1.44. The number of aryl methyl sites for hydroxylation is 1. The molecular formula is C22H28N6O5. The first-order chi connectivity index (χ1) is 15.6. The number of nitrogens with zero attached hydrogens (tertiary/aromatic N) is 3. The summed E-state index contributed by atoms with van der Waals surface area (Å²) in [6.45, 7) is 3.78. The molecule has 1 aromatic heterocycles. The fourth-order valence-electron chi connectivity index (χ4n) is 3.95. The summed E-state index contributed by atoms with van der Waals surface area (Å²) >= 11 is 0. The SMILES string of the molecule is CCC1(CCC(=O)NC(Cc2cn(-c3cc(C(N)=O)ccc3C)nn2)C(=O)O)CCC(=O)N1. The number of amides is 3. The highest BCUT2D eigenvalue weighted by molar-refractivity contribution is 5.93. The molecule has 3 amide bonds. The molecule has 0 bridgehead atoms. The summed E-state index contributed by atoms with van der Waals surface area (Å²) in [4.78, 5) is 47.2. The van der Waals surface area contributed by atoms with Gasteiger partial charge in [-0.2, -0.15) is 0 Å². The summed E-state index contributed by atoms with van der Waals surface area (Å²) in [7, 11) is 0. The van der Waals surface area contributed by atoms with Crippen LogP contribution < -0.4 is 16.4 Å². The Bertz CT molecular complexity index is 1080. The van der Waals surface area contributed by atoms with Crippen LogP contribution >= 0.6 is 0 Å². The Hall–Kier alpha value is -3.76. The van der Waals surface area contributed by atoms with Gasteiger partial charge in [0.05, 0.1) is 17.6 Å². The number of hydrogen-bond acceptors (Lipinski definition) is 6. The standard InChI is InChI=1S/C22H28N6O5/c1-3-22(9-7-19(30)25-22)8-6-18(29)24-16(21(32)33)11-15-12-28(27-26-15)17-10-14(20(23)31)5-4-13(17)2/h4-5,10,12,16H,3,6-9,11H2,1-2H3,(H2,23,31)(H,24,29)(H,25,30)(H,32,33). The molecule has 2 aromatic rings. The number of carboxylic acid groups (broad SMARTS) is 1. The number of benzene rings is 1. The van der Waals surface area contributed by atoms with E-state index >= 15 is 0 Å². The van der Waals surface area contributed by atoms with E-state index in [0.717, 1.165) is 5.56 Å². The molecule has 1 fully saturated rings. The molecule has 0 saturated carbocycles. The summed E-state index contributed by atoms with van der Waals surface area (Å²) in [5.41, 5.74) is 7.01. The second kappa shape index (κ2) is 9.80. The van der Waals surface area contributed by atoms with Gasteiger partial charge in [0.2, 0.25) is 17.7 Å². The quantitative estimate of drug-likeness (QED) is 0.406. The number of nitrogens with two attached hydrogens (primary N) is 1. The number of aliphatic carboxylic acids is 1. The van der Waals surface area contributed by atoms with Crippen LogP contribution in [-0.2, 0) is 20.8 Å². The van der Waals surface area contributed by atoms with Crippen molar-refractivity contribution < 1.29 is 24.3 Å². The molecule has 0 aliphatic carbocycles. The molecule has 1 saturated heterocycles. The van der Waals surface area contributed by atoms with Gasteiger partial charge < -0.3 is 21.5 Å². The van der Waals surface area contributed by atoms with Crippen LogP contribution in [0.2, 0.25) is 0 Å². The van der Waals surface area contributed by atoms with Crippen molar-refractivity contribution in [1.29, 1.82) is 0 Å². The van der Waals surface area contributed by atoms with Crippen molar-refractivity contribution in [1.82, 2.24) is 25.6 Å². The summed E-state index contributed by atoms with van der Waals surface area (Å²) in [6.07, 6.45) is 3.83. The van der Waals surface area contributed by atoms with Crippen molar-refractivity contribution in [3.63, 3.8) is 0 Å². The number of carboxylic acids is 1. The largest absolute Gasteiger partial charge is 0.480 e. The Kier molecular flexibility index (Phi) is 7.10. The second-order valence-corrected chi connectivity index (χ2v) is 8.36. The zero-order valence-electron chi connectivity index (χ0n) is 18.6. The van der Waals surface area contributed by atoms with E-state index in [2.05, 4.69) is 20.9 Å². The third-order valence-electron chi connectivity index (χ3n) is 6.07. The Morgan fingerprint density at radius 3 is 2.73 bits per heavy atom. The van der Waals surface area contributed by atoms with Gasteiger partial charge in [0, 0.05) is 30.4 Å². The highest BCUT2D eigenvalue weighted by Gasteiger charge is 2.36. The number of primary amides is 1. The lowest BCUT2D eigenvalue weighted by atomic mass is 9.89. The monoisotopic (exact) mass is 456 g/mol. The fourth-order valence-corrected chi connectivity index (χ4v) is 3.95. The Morgan fingerprint density at radius 2 is 2.12 bits per heavy atom. The van der Waals surface area contributed by atoms with Crippen LogP contribution in [0.3, 0.4) is 0 Å². The molecule has 2 atom stereocenters. The van der Waals surface area contributed by atoms with Gasteiger partial charge in [0.25, 0.3) is 0 Å². The molecule has 11 nitrogen and oxygen atoms in total. The first-order valence-corrected chi connectivity index (χ1v) is 10.8. The van der Waals surface area contributed by atoms with Crippen LogP contribution in [0.15, 0.2) is 24.4 Å². The number of nitrogens with one attached hydrogen (secondary N) is 2. The average molecular weight is 457 g/mol. The van der Waals surface area contributed by atoms with Gasteiger partial charge in [-0.05, 0) is 43.9 Å². The molecule has 33 heavy (non-hydrogen) atoms. The van der Waals surface area contributed by atoms with E-state index < -0.39 is 29.4 Å². The molecular weight excluding hydrogens is 428 g/mol. The lowest BCUT2D eigenvalue weighted by Crippen LogP contribution is -2.45. The number of aromatic nitrogens is 3. The van der Waals surface area contributed by atoms with Crippen molar-refractivity contribution in [2.45, 2.75) is 64.0 Å². The molecule has 3 rings (SSSR count). The van der Waals surface area contributed by atoms with Crippen LogP contribution in [0.25, 0.3) is 5.69 Å². The Morgan fingerprint density at radius 1 is 1.36 bits per heavy atom. The third kappa shape index (κ3) is 5.73. The molecule has 1 aliphatic heterocycles. The molecule has 1 aromatic carbocycles. The highest BCUT2D eigenvalue weighted by atomic mass is 16.4. The smallest absolute Gasteiger partial charge is 0.326 e. The van der Waals surface area contributed by atoms with Gasteiger partial charge >= 0.3 is 5.97 Å². The van der Waals surface area contributed by atoms with Gasteiger partial charge in [-0.1, -0.05) is 18.2 Å². The van der Waals surface area contributed by atoms with E-state index in [9.17, 15) is 24.3 Å². The predicted molar refractivity (Wildman–Crippen MR) is 118 cm³/mol. The maximum atomic E-state index is 12.4. The summed E-state index contributed by atoms with van der Waals surface area (Å²) in [5, 5.41) is 23.1. The van der Waals surface area contributed by atoms with Crippen LogP contribution in [0.5, 0.6) is 0 Å². The fraction of sp³-hybridized carbons (Fsp3) is 0.455. The molecule has 0 radical (unpaired) electrons. The van der Waals surface area contributed by atoms with Crippen molar-refractivity contribution in [2.24, 2.45) is 5.73 Å².